The van der Waals surface area contributed by atoms with Crippen LogP contribution in [0.4, 0.5) is 5.69 Å². The molecule has 1 aromatic heterocycles. The lowest BCUT2D eigenvalue weighted by Gasteiger charge is -2.07. The maximum absolute atomic E-state index is 5.92. The Bertz CT molecular complexity index is 693. The van der Waals surface area contributed by atoms with Gasteiger partial charge in [0.2, 0.25) is 0 Å². The van der Waals surface area contributed by atoms with Gasteiger partial charge in [-0.05, 0) is 49.2 Å². The van der Waals surface area contributed by atoms with Crippen molar-refractivity contribution in [3.63, 3.8) is 0 Å². The molecule has 0 aliphatic heterocycles. The predicted molar refractivity (Wildman–Crippen MR) is 75.4 cm³/mol. The molecule has 3 heteroatoms. The molecule has 0 saturated carbocycles. The quantitative estimate of drug-likeness (QED) is 0.637. The summed E-state index contributed by atoms with van der Waals surface area (Å²) in [5.41, 5.74) is 12.2. The van der Waals surface area contributed by atoms with Crippen LogP contribution in [0.1, 0.15) is 11.1 Å². The predicted octanol–water partition coefficient (Wildman–Crippen LogP) is 3.43. The molecule has 3 aromatic rings. The molecule has 0 spiro atoms. The molecular weight excluding hydrogens is 222 g/mol. The molecule has 0 bridgehead atoms. The molecule has 0 atom stereocenters. The lowest BCUT2D eigenvalue weighted by atomic mass is 10.0. The number of nitrogens with one attached hydrogen (secondary N) is 1. The van der Waals surface area contributed by atoms with Crippen molar-refractivity contribution in [1.82, 2.24) is 9.97 Å². The van der Waals surface area contributed by atoms with Crippen LogP contribution in [0.2, 0.25) is 0 Å². The smallest absolute Gasteiger partial charge is 0.138 e. The molecule has 90 valence electrons. The van der Waals surface area contributed by atoms with Crippen LogP contribution in [0.25, 0.3) is 22.4 Å². The third kappa shape index (κ3) is 1.64. The van der Waals surface area contributed by atoms with Crippen LogP contribution < -0.4 is 5.73 Å². The molecular formula is C15H15N3. The summed E-state index contributed by atoms with van der Waals surface area (Å²) in [4.78, 5) is 7.96. The minimum absolute atomic E-state index is 0.772. The molecule has 0 unspecified atom stereocenters. The van der Waals surface area contributed by atoms with E-state index < -0.39 is 0 Å². The van der Waals surface area contributed by atoms with E-state index in [0.29, 0.717) is 0 Å². The van der Waals surface area contributed by atoms with Crippen molar-refractivity contribution < 1.29 is 0 Å². The summed E-state index contributed by atoms with van der Waals surface area (Å²) < 4.78 is 0. The van der Waals surface area contributed by atoms with E-state index in [4.69, 9.17) is 5.73 Å². The van der Waals surface area contributed by atoms with E-state index in [1.807, 2.05) is 36.4 Å². The van der Waals surface area contributed by atoms with Crippen LogP contribution in [0.15, 0.2) is 36.4 Å². The van der Waals surface area contributed by atoms with Gasteiger partial charge in [0.15, 0.2) is 0 Å². The number of anilines is 1. The number of nitrogens with zero attached hydrogens (tertiary/aromatic N) is 1. The lowest BCUT2D eigenvalue weighted by Crippen LogP contribution is -1.93. The minimum Gasteiger partial charge on any atom is -0.399 e. The van der Waals surface area contributed by atoms with E-state index in [0.717, 1.165) is 28.1 Å². The SMILES string of the molecule is Cc1cc(N)cc(-c2nc3ccccc3[nH]2)c1C. The van der Waals surface area contributed by atoms with Crippen molar-refractivity contribution in [3.8, 4) is 11.4 Å². The monoisotopic (exact) mass is 237 g/mol. The third-order valence-corrected chi connectivity index (χ3v) is 3.33. The Balaban J connectivity index is 2.26. The molecule has 0 amide bonds. The first kappa shape index (κ1) is 10.8. The number of nitrogens with two attached hydrogens (primary N) is 1. The topological polar surface area (TPSA) is 54.7 Å². The Morgan fingerprint density at radius 2 is 1.89 bits per heavy atom. The Kier molecular flexibility index (Phi) is 2.33. The van der Waals surface area contributed by atoms with Crippen LogP contribution in [-0.4, -0.2) is 9.97 Å². The van der Waals surface area contributed by atoms with Gasteiger partial charge >= 0.3 is 0 Å². The van der Waals surface area contributed by atoms with E-state index >= 15 is 0 Å². The summed E-state index contributed by atoms with van der Waals surface area (Å²) in [6, 6.07) is 12.0. The van der Waals surface area contributed by atoms with E-state index in [-0.39, 0.29) is 0 Å². The molecule has 1 heterocycles. The highest BCUT2D eigenvalue weighted by atomic mass is 14.9. The van der Waals surface area contributed by atoms with Gasteiger partial charge in [0.05, 0.1) is 11.0 Å². The largest absolute Gasteiger partial charge is 0.399 e. The van der Waals surface area contributed by atoms with Crippen LogP contribution in [0.5, 0.6) is 0 Å². The second-order valence-corrected chi connectivity index (χ2v) is 4.61. The van der Waals surface area contributed by atoms with Crippen molar-refractivity contribution in [2.24, 2.45) is 0 Å². The van der Waals surface area contributed by atoms with Crippen molar-refractivity contribution in [1.29, 1.82) is 0 Å². The van der Waals surface area contributed by atoms with E-state index in [2.05, 4.69) is 23.8 Å². The molecule has 0 fully saturated rings. The average molecular weight is 237 g/mol. The Morgan fingerprint density at radius 3 is 2.67 bits per heavy atom. The second-order valence-electron chi connectivity index (χ2n) is 4.61. The molecule has 0 aliphatic carbocycles. The number of imidazole rings is 1. The van der Waals surface area contributed by atoms with Gasteiger partial charge in [-0.2, -0.15) is 0 Å². The Labute approximate surface area is 106 Å². The number of rotatable bonds is 1. The average Bonchev–Trinajstić information content (AvgIpc) is 2.77. The minimum atomic E-state index is 0.772. The number of benzene rings is 2. The van der Waals surface area contributed by atoms with Crippen molar-refractivity contribution in [2.45, 2.75) is 13.8 Å². The van der Waals surface area contributed by atoms with Crippen LogP contribution >= 0.6 is 0 Å². The van der Waals surface area contributed by atoms with Gasteiger partial charge in [-0.3, -0.25) is 0 Å². The number of hydrogen-bond donors (Lipinski definition) is 2. The number of nitrogen functional groups attached to an aromatic ring is 1. The summed E-state index contributed by atoms with van der Waals surface area (Å²) in [6.45, 7) is 4.16. The van der Waals surface area contributed by atoms with Gasteiger partial charge in [0, 0.05) is 11.3 Å². The molecule has 0 aliphatic rings. The maximum atomic E-state index is 5.92. The van der Waals surface area contributed by atoms with Gasteiger partial charge < -0.3 is 10.7 Å². The molecule has 0 saturated heterocycles. The number of fused-ring (bicyclic) bond motifs is 1. The lowest BCUT2D eigenvalue weighted by molar-refractivity contribution is 1.27. The van der Waals surface area contributed by atoms with Crippen LogP contribution in [0, 0.1) is 13.8 Å². The van der Waals surface area contributed by atoms with Crippen LogP contribution in [-0.2, 0) is 0 Å². The van der Waals surface area contributed by atoms with Gasteiger partial charge in [0.25, 0.3) is 0 Å². The fraction of sp³-hybridized carbons (Fsp3) is 0.133. The molecule has 3 rings (SSSR count). The molecule has 0 radical (unpaired) electrons. The summed E-state index contributed by atoms with van der Waals surface area (Å²) in [5.74, 6) is 0.879. The normalized spacial score (nSPS) is 11.0. The van der Waals surface area contributed by atoms with Crippen molar-refractivity contribution in [2.75, 3.05) is 5.73 Å². The number of H-pyrrole nitrogens is 1. The first-order chi connectivity index (χ1) is 8.65. The fourth-order valence-electron chi connectivity index (χ4n) is 2.21. The highest BCUT2D eigenvalue weighted by Crippen LogP contribution is 2.27. The highest BCUT2D eigenvalue weighted by molar-refractivity contribution is 5.80. The standard InChI is InChI=1S/C15H15N3/c1-9-7-11(16)8-12(10(9)2)15-17-13-5-3-4-6-14(13)18-15/h3-8H,16H2,1-2H3,(H,17,18). The maximum Gasteiger partial charge on any atom is 0.138 e. The Hall–Kier alpha value is -2.29. The number of aryl methyl sites for hydroxylation is 1. The highest BCUT2D eigenvalue weighted by Gasteiger charge is 2.09. The molecule has 18 heavy (non-hydrogen) atoms. The van der Waals surface area contributed by atoms with Gasteiger partial charge in [0.1, 0.15) is 5.82 Å². The number of aromatic amines is 1. The van der Waals surface area contributed by atoms with E-state index in [9.17, 15) is 0 Å². The number of hydrogen-bond acceptors (Lipinski definition) is 2. The molecule has 2 aromatic carbocycles. The van der Waals surface area contributed by atoms with E-state index in [1.54, 1.807) is 0 Å². The number of para-hydroxylation sites is 2. The first-order valence-electron chi connectivity index (χ1n) is 5.97. The van der Waals surface area contributed by atoms with Gasteiger partial charge in [-0.15, -0.1) is 0 Å². The summed E-state index contributed by atoms with van der Waals surface area (Å²) in [6.07, 6.45) is 0. The number of aromatic nitrogens is 2. The van der Waals surface area contributed by atoms with Gasteiger partial charge in [-0.25, -0.2) is 4.98 Å². The summed E-state index contributed by atoms with van der Waals surface area (Å²) >= 11 is 0. The van der Waals surface area contributed by atoms with Gasteiger partial charge in [-0.1, -0.05) is 12.1 Å². The summed E-state index contributed by atoms with van der Waals surface area (Å²) in [5, 5.41) is 0. The molecule has 3 N–H and O–H groups in total. The Morgan fingerprint density at radius 1 is 1.11 bits per heavy atom. The van der Waals surface area contributed by atoms with Crippen molar-refractivity contribution in [3.05, 3.63) is 47.5 Å². The fourth-order valence-corrected chi connectivity index (χ4v) is 2.21. The van der Waals surface area contributed by atoms with E-state index in [1.165, 1.54) is 11.1 Å². The molecule has 3 nitrogen and oxygen atoms in total. The second kappa shape index (κ2) is 3.88. The first-order valence-corrected chi connectivity index (χ1v) is 5.97. The zero-order valence-corrected chi connectivity index (χ0v) is 10.5. The summed E-state index contributed by atoms with van der Waals surface area (Å²) in [7, 11) is 0. The zero-order valence-electron chi connectivity index (χ0n) is 10.5. The zero-order chi connectivity index (χ0) is 12.7. The third-order valence-electron chi connectivity index (χ3n) is 3.33. The van der Waals surface area contributed by atoms with Crippen LogP contribution in [0.3, 0.4) is 0 Å². The van der Waals surface area contributed by atoms with Crippen molar-refractivity contribution >= 4 is 16.7 Å².